The Balaban J connectivity index is 5.49. The zero-order valence-corrected chi connectivity index (χ0v) is 76.1. The van der Waals surface area contributed by atoms with Crippen LogP contribution in [0.3, 0.4) is 0 Å². The minimum absolute atomic E-state index is 0.0618. The summed E-state index contributed by atoms with van der Waals surface area (Å²) in [6.45, 7) is -0.470. The van der Waals surface area contributed by atoms with Crippen LogP contribution in [0.2, 0.25) is 0 Å². The van der Waals surface area contributed by atoms with Crippen molar-refractivity contribution in [1.29, 1.82) is 0 Å². The second-order valence-corrected chi connectivity index (χ2v) is 35.0. The summed E-state index contributed by atoms with van der Waals surface area (Å²) in [6, 6.07) is 0. The minimum atomic E-state index is -5.14. The number of aliphatic carboxylic acids is 3. The van der Waals surface area contributed by atoms with Gasteiger partial charge < -0.3 is 87.2 Å². The molecule has 0 saturated carbocycles. The molecule has 31 heteroatoms. The molecule has 0 bridgehead atoms. The van der Waals surface area contributed by atoms with Crippen LogP contribution in [0.1, 0.15) is 387 Å². The summed E-state index contributed by atoms with van der Waals surface area (Å²) in [6.07, 6.45) is 56.3. The normalized spacial score (nSPS) is 13.1. The third-order valence-electron chi connectivity index (χ3n) is 20.8. The van der Waals surface area contributed by atoms with Crippen molar-refractivity contribution in [3.05, 3.63) is 0 Å². The molecule has 2 N–H and O–H groups in total. The van der Waals surface area contributed by atoms with Crippen LogP contribution in [0, 0.1) is 0 Å². The minimum Gasteiger partial charge on any atom is -0.756 e. The van der Waals surface area contributed by atoms with Crippen LogP contribution in [0.5, 0.6) is 0 Å². The van der Waals surface area contributed by atoms with Crippen molar-refractivity contribution in [1.82, 2.24) is 25.3 Å². The summed E-state index contributed by atoms with van der Waals surface area (Å²) in [5, 5.41) is 40.3. The lowest BCUT2D eigenvalue weighted by Crippen LogP contribution is -2.50. The molecule has 698 valence electrons. The number of ether oxygens (including phenoxy) is 4. The Labute approximate surface area is 716 Å². The van der Waals surface area contributed by atoms with Crippen LogP contribution in [-0.4, -0.2) is 192 Å². The Hall–Kier alpha value is -4.67. The molecule has 0 spiro atoms. The van der Waals surface area contributed by atoms with Crippen molar-refractivity contribution < 1.29 is 114 Å². The molecular formula is C88H162N5O24P2-5. The summed E-state index contributed by atoms with van der Waals surface area (Å²) in [4.78, 5) is 143. The lowest BCUT2D eigenvalue weighted by atomic mass is 10.0. The lowest BCUT2D eigenvalue weighted by molar-refractivity contribution is -0.308. The van der Waals surface area contributed by atoms with Gasteiger partial charge in [-0.2, -0.15) is 0 Å². The predicted molar refractivity (Wildman–Crippen MR) is 452 cm³/mol. The summed E-state index contributed by atoms with van der Waals surface area (Å²) in [5.74, 6) is -8.72. The molecule has 0 aromatic heterocycles. The van der Waals surface area contributed by atoms with Crippen LogP contribution in [-0.2, 0) is 89.3 Å². The summed E-state index contributed by atoms with van der Waals surface area (Å²) in [5.41, 5.74) is 0. The molecule has 29 nitrogen and oxygen atoms in total. The van der Waals surface area contributed by atoms with Crippen LogP contribution in [0.15, 0.2) is 0 Å². The number of rotatable bonds is 92. The van der Waals surface area contributed by atoms with Gasteiger partial charge in [-0.25, -0.2) is 0 Å². The average molecular weight is 1740 g/mol. The fourth-order valence-corrected chi connectivity index (χ4v) is 15.3. The number of carbonyl (C=O) groups excluding carboxylic acids is 9. The molecule has 0 heterocycles. The van der Waals surface area contributed by atoms with E-state index < -0.39 is 167 Å². The van der Waals surface area contributed by atoms with Gasteiger partial charge in [0.2, 0.25) is 11.8 Å². The van der Waals surface area contributed by atoms with E-state index in [1.165, 1.54) is 210 Å². The maximum atomic E-state index is 13.1. The van der Waals surface area contributed by atoms with Crippen LogP contribution < -0.4 is 35.7 Å². The molecule has 0 radical (unpaired) electrons. The number of carboxylic acids is 3. The highest BCUT2D eigenvalue weighted by Gasteiger charge is 2.25. The van der Waals surface area contributed by atoms with E-state index in [1.807, 2.05) is 0 Å². The Bertz CT molecular complexity index is 2470. The van der Waals surface area contributed by atoms with E-state index in [-0.39, 0.29) is 51.9 Å². The molecule has 0 aliphatic carbocycles. The van der Waals surface area contributed by atoms with Gasteiger partial charge in [0, 0.05) is 84.6 Å². The highest BCUT2D eigenvalue weighted by atomic mass is 31.2. The third-order valence-corrected chi connectivity index (χ3v) is 22.8. The van der Waals surface area contributed by atoms with E-state index >= 15 is 0 Å². The number of esters is 4. The van der Waals surface area contributed by atoms with Gasteiger partial charge in [0.1, 0.15) is 13.2 Å². The van der Waals surface area contributed by atoms with Crippen LogP contribution >= 0.6 is 15.6 Å². The van der Waals surface area contributed by atoms with E-state index in [2.05, 4.69) is 38.3 Å². The number of amides is 2. The first kappa shape index (κ1) is 114. The molecule has 2 unspecified atom stereocenters. The lowest BCUT2D eigenvalue weighted by Gasteiger charge is -2.30. The zero-order chi connectivity index (χ0) is 87.8. The molecule has 0 aliphatic rings. The Kier molecular flexibility index (Phi) is 78.5. The maximum absolute atomic E-state index is 13.1. The summed E-state index contributed by atoms with van der Waals surface area (Å²) in [7, 11) is -10.3. The molecule has 0 fully saturated rings. The number of carboxylic acid groups (broad SMARTS) is 3. The molecule has 0 rings (SSSR count). The number of hydrogen-bond donors (Lipinski definition) is 2. The Morgan fingerprint density at radius 2 is 0.487 bits per heavy atom. The number of carbonyl (C=O) groups is 9. The second kappa shape index (κ2) is 81.7. The number of phosphoric acid groups is 2. The standard InChI is InChI=1S/C88H167N5O24P2/c1-5-9-13-17-21-25-29-33-37-41-45-49-53-57-85(102)110-74-78(116-87(104)59-55-51-47-43-39-35-31-27-23-19-15-11-7-3)76-114-118(106,107)112-67-61-89-80(94)69-92(72-83(98)99)65-63-91(71-82(96)97)64-66-93(73-84(100)101)70-81(95)90-62-68-113-119(108,109)115-77-79(117-88(105)60-56-52-48-44-40-36-32-28-24-20-16-12-8-4)75-111-86(103)58-54-50-46-42-38-34-30-26-22-18-14-10-6-2/h78-79H,5-77H2,1-4H3,(H,89,94)(H,90,95)(H,96,97)(H,98,99)(H,100,101)(H,106,107)(H,108,109)/p-5/t78-,79-/m1/s1. The fraction of sp³-hybridized carbons (Fsp3) is 0.898. The number of nitrogens with one attached hydrogen (secondary N) is 2. The summed E-state index contributed by atoms with van der Waals surface area (Å²) >= 11 is 0. The van der Waals surface area contributed by atoms with Gasteiger partial charge in [-0.1, -0.05) is 336 Å². The molecule has 0 aromatic carbocycles. The van der Waals surface area contributed by atoms with E-state index in [0.717, 1.165) is 113 Å². The molecule has 0 aromatic rings. The second-order valence-electron chi connectivity index (χ2n) is 32.2. The first-order valence-corrected chi connectivity index (χ1v) is 49.5. The molecule has 4 atom stereocenters. The van der Waals surface area contributed by atoms with Gasteiger partial charge in [-0.05, 0) is 25.7 Å². The fourth-order valence-electron chi connectivity index (χ4n) is 13.8. The topological polar surface area (TPSA) is 411 Å². The van der Waals surface area contributed by atoms with Gasteiger partial charge in [0.25, 0.3) is 15.6 Å². The number of phosphoric ester groups is 2. The first-order valence-electron chi connectivity index (χ1n) is 46.6. The highest BCUT2D eigenvalue weighted by molar-refractivity contribution is 7.46. The van der Waals surface area contributed by atoms with E-state index in [0.29, 0.717) is 25.7 Å². The van der Waals surface area contributed by atoms with Crippen molar-refractivity contribution in [2.24, 2.45) is 0 Å². The largest absolute Gasteiger partial charge is 0.756 e. The van der Waals surface area contributed by atoms with Gasteiger partial charge in [0.05, 0.1) is 57.4 Å². The van der Waals surface area contributed by atoms with Gasteiger partial charge in [0.15, 0.2) is 12.2 Å². The molecule has 2 amide bonds. The van der Waals surface area contributed by atoms with Gasteiger partial charge in [-0.3, -0.25) is 52.6 Å². The Morgan fingerprint density at radius 1 is 0.277 bits per heavy atom. The molecule has 0 aliphatic heterocycles. The zero-order valence-electron chi connectivity index (χ0n) is 74.3. The van der Waals surface area contributed by atoms with Crippen LogP contribution in [0.4, 0.5) is 0 Å². The number of hydrogen-bond acceptors (Lipinski definition) is 27. The Morgan fingerprint density at radius 3 is 0.723 bits per heavy atom. The van der Waals surface area contributed by atoms with E-state index in [4.69, 9.17) is 37.0 Å². The van der Waals surface area contributed by atoms with Crippen molar-refractivity contribution in [3.8, 4) is 0 Å². The van der Waals surface area contributed by atoms with Crippen molar-refractivity contribution in [3.63, 3.8) is 0 Å². The summed E-state index contributed by atoms with van der Waals surface area (Å²) < 4.78 is 68.0. The number of unbranched alkanes of at least 4 members (excludes halogenated alkanes) is 48. The first-order chi connectivity index (χ1) is 57.4. The van der Waals surface area contributed by atoms with Crippen LogP contribution in [0.25, 0.3) is 0 Å². The molecule has 119 heavy (non-hydrogen) atoms. The quantitative estimate of drug-likeness (QED) is 0.0247. The van der Waals surface area contributed by atoms with E-state index in [9.17, 15) is 77.4 Å². The molecular weight excluding hydrogens is 1570 g/mol. The van der Waals surface area contributed by atoms with Crippen molar-refractivity contribution in [2.45, 2.75) is 399 Å². The van der Waals surface area contributed by atoms with Crippen molar-refractivity contribution in [2.75, 3.05) is 112 Å². The van der Waals surface area contributed by atoms with Gasteiger partial charge in [-0.15, -0.1) is 0 Å². The van der Waals surface area contributed by atoms with Crippen molar-refractivity contribution >= 4 is 69.2 Å². The van der Waals surface area contributed by atoms with Gasteiger partial charge >= 0.3 is 23.9 Å². The SMILES string of the molecule is CCCCCCCCCCCCCCCC(=O)OC[C@H](COP(=O)([O-])OCCNC(=O)CN(CCN(CCN(CC(=O)[O-])CC(=O)NCCOP(=O)([O-])OC[C@@H](COC(=O)CCCCCCCCCCCCCCC)OC(=O)CCCCCCCCCCCCCCC)CC(=O)[O-])CC(=O)[O-])OC(=O)CCCCCCCCCCCCCCC. The number of nitrogens with zero attached hydrogens (tertiary/aromatic N) is 3. The molecule has 0 saturated heterocycles. The maximum Gasteiger partial charge on any atom is 0.306 e. The predicted octanol–water partition coefficient (Wildman–Crippen LogP) is 13.2. The van der Waals surface area contributed by atoms with E-state index in [1.54, 1.807) is 0 Å². The average Bonchev–Trinajstić information content (AvgIpc) is 0.912. The third kappa shape index (κ3) is 81.4. The monoisotopic (exact) mass is 1740 g/mol. The smallest absolute Gasteiger partial charge is 0.306 e. The highest BCUT2D eigenvalue weighted by Crippen LogP contribution is 2.39.